The van der Waals surface area contributed by atoms with Crippen molar-refractivity contribution in [1.29, 1.82) is 0 Å². The average molecular weight is 340 g/mol. The highest BCUT2D eigenvalue weighted by molar-refractivity contribution is 5.94. The molecule has 1 amide bonds. The van der Waals surface area contributed by atoms with Crippen LogP contribution in [0.4, 0.5) is 11.7 Å². The third-order valence-corrected chi connectivity index (χ3v) is 4.53. The first-order chi connectivity index (χ1) is 12.0. The smallest absolute Gasteiger partial charge is 0.297 e. The summed E-state index contributed by atoms with van der Waals surface area (Å²) < 4.78 is 7.72. The van der Waals surface area contributed by atoms with Gasteiger partial charge in [-0.25, -0.2) is 0 Å². The number of amides is 1. The fourth-order valence-corrected chi connectivity index (χ4v) is 3.10. The Bertz CT molecular complexity index is 942. The van der Waals surface area contributed by atoms with E-state index in [4.69, 9.17) is 4.42 Å². The normalized spacial score (nSPS) is 16.7. The van der Waals surface area contributed by atoms with Gasteiger partial charge in [0.1, 0.15) is 17.2 Å². The second-order valence-corrected chi connectivity index (χ2v) is 6.57. The minimum absolute atomic E-state index is 0.00504. The maximum atomic E-state index is 12.6. The van der Waals surface area contributed by atoms with Crippen molar-refractivity contribution in [2.75, 3.05) is 24.3 Å². The van der Waals surface area contributed by atoms with Gasteiger partial charge in [0.05, 0.1) is 5.92 Å². The summed E-state index contributed by atoms with van der Waals surface area (Å²) in [6, 6.07) is 6.05. The fourth-order valence-electron chi connectivity index (χ4n) is 3.10. The zero-order valence-electron chi connectivity index (χ0n) is 14.5. The van der Waals surface area contributed by atoms with Crippen LogP contribution in [0.3, 0.4) is 0 Å². The van der Waals surface area contributed by atoms with Gasteiger partial charge in [-0.3, -0.25) is 4.79 Å². The predicted molar refractivity (Wildman–Crippen MR) is 93.5 cm³/mol. The fraction of sp³-hybridized carbons (Fsp3) is 0.412. The van der Waals surface area contributed by atoms with Crippen LogP contribution in [0.2, 0.25) is 0 Å². The molecular weight excluding hydrogens is 320 g/mol. The van der Waals surface area contributed by atoms with E-state index in [1.54, 1.807) is 4.90 Å². The van der Waals surface area contributed by atoms with Gasteiger partial charge in [-0.2, -0.15) is 4.98 Å². The molecule has 0 saturated heterocycles. The lowest BCUT2D eigenvalue weighted by Gasteiger charge is -2.23. The van der Waals surface area contributed by atoms with Crippen molar-refractivity contribution < 1.29 is 9.21 Å². The Labute approximate surface area is 144 Å². The highest BCUT2D eigenvalue weighted by Crippen LogP contribution is 2.25. The number of hydrogen-bond donors (Lipinski definition) is 1. The molecule has 0 aliphatic carbocycles. The number of anilines is 2. The third-order valence-electron chi connectivity index (χ3n) is 4.53. The van der Waals surface area contributed by atoms with Crippen molar-refractivity contribution in [3.8, 4) is 0 Å². The van der Waals surface area contributed by atoms with Gasteiger partial charge in [-0.05, 0) is 25.5 Å². The Hall–Kier alpha value is -2.90. The lowest BCUT2D eigenvalue weighted by molar-refractivity contribution is -0.120. The molecular formula is C17H20N6O2. The molecule has 1 atom stereocenters. The molecule has 4 rings (SSSR count). The van der Waals surface area contributed by atoms with Gasteiger partial charge in [0.15, 0.2) is 5.58 Å². The van der Waals surface area contributed by atoms with Gasteiger partial charge in [-0.1, -0.05) is 0 Å². The maximum Gasteiger partial charge on any atom is 0.297 e. The lowest BCUT2D eigenvalue weighted by Crippen LogP contribution is -2.31. The monoisotopic (exact) mass is 340 g/mol. The van der Waals surface area contributed by atoms with Gasteiger partial charge >= 0.3 is 0 Å². The average Bonchev–Trinajstić information content (AvgIpc) is 3.18. The highest BCUT2D eigenvalue weighted by Gasteiger charge is 2.27. The second-order valence-electron chi connectivity index (χ2n) is 6.57. The van der Waals surface area contributed by atoms with E-state index in [1.165, 1.54) is 0 Å². The number of fused-ring (bicyclic) bond motifs is 2. The maximum absolute atomic E-state index is 12.6. The molecule has 0 spiro atoms. The zero-order valence-corrected chi connectivity index (χ0v) is 14.5. The molecule has 8 nitrogen and oxygen atoms in total. The highest BCUT2D eigenvalue weighted by atomic mass is 16.4. The molecule has 3 heterocycles. The number of nitrogens with one attached hydrogen (secondary N) is 1. The van der Waals surface area contributed by atoms with E-state index in [9.17, 15) is 4.79 Å². The minimum atomic E-state index is -0.0926. The number of oxazole rings is 1. The molecule has 0 bridgehead atoms. The van der Waals surface area contributed by atoms with Crippen molar-refractivity contribution in [1.82, 2.24) is 19.7 Å². The van der Waals surface area contributed by atoms with Crippen LogP contribution in [0.5, 0.6) is 0 Å². The summed E-state index contributed by atoms with van der Waals surface area (Å²) in [6.07, 6.45) is 1.55. The zero-order chi connectivity index (χ0) is 17.6. The Morgan fingerprint density at radius 3 is 3.00 bits per heavy atom. The number of rotatable bonds is 3. The Morgan fingerprint density at radius 1 is 1.36 bits per heavy atom. The quantitative estimate of drug-likeness (QED) is 0.784. The number of nitrogens with zero attached hydrogens (tertiary/aromatic N) is 5. The summed E-state index contributed by atoms with van der Waals surface area (Å²) in [6.45, 7) is 2.53. The van der Waals surface area contributed by atoms with Crippen LogP contribution in [0.1, 0.15) is 18.1 Å². The van der Waals surface area contributed by atoms with Crippen LogP contribution < -0.4 is 10.2 Å². The van der Waals surface area contributed by atoms with Crippen LogP contribution in [0, 0.1) is 12.8 Å². The van der Waals surface area contributed by atoms with E-state index < -0.39 is 0 Å². The molecule has 1 aromatic carbocycles. The molecule has 1 aliphatic rings. The van der Waals surface area contributed by atoms with Crippen molar-refractivity contribution in [3.63, 3.8) is 0 Å². The van der Waals surface area contributed by atoms with Gasteiger partial charge in [-0.15, -0.1) is 10.2 Å². The molecule has 1 unspecified atom stereocenters. The molecule has 0 fully saturated rings. The largest absolute Gasteiger partial charge is 0.423 e. The number of benzene rings is 1. The lowest BCUT2D eigenvalue weighted by atomic mass is 9.98. The molecule has 0 radical (unpaired) electrons. The Kier molecular flexibility index (Phi) is 3.67. The van der Waals surface area contributed by atoms with E-state index in [0.29, 0.717) is 23.8 Å². The third kappa shape index (κ3) is 2.84. The van der Waals surface area contributed by atoms with Crippen molar-refractivity contribution in [2.24, 2.45) is 5.92 Å². The summed E-state index contributed by atoms with van der Waals surface area (Å²) in [5, 5.41) is 11.2. The molecule has 130 valence electrons. The number of aromatic nitrogens is 4. The van der Waals surface area contributed by atoms with E-state index in [2.05, 4.69) is 20.5 Å². The van der Waals surface area contributed by atoms with Crippen molar-refractivity contribution in [2.45, 2.75) is 26.3 Å². The predicted octanol–water partition coefficient (Wildman–Crippen LogP) is 1.99. The van der Waals surface area contributed by atoms with Crippen LogP contribution in [0.15, 0.2) is 22.6 Å². The van der Waals surface area contributed by atoms with E-state index in [1.807, 2.05) is 43.8 Å². The summed E-state index contributed by atoms with van der Waals surface area (Å²) in [5.41, 5.74) is 2.14. The first-order valence-electron chi connectivity index (χ1n) is 8.29. The summed E-state index contributed by atoms with van der Waals surface area (Å²) in [7, 11) is 3.75. The van der Waals surface area contributed by atoms with E-state index in [0.717, 1.165) is 30.0 Å². The number of aryl methyl sites for hydroxylation is 2. The molecule has 1 aliphatic heterocycles. The molecule has 2 aromatic heterocycles. The summed E-state index contributed by atoms with van der Waals surface area (Å²) in [5.74, 6) is 1.73. The Morgan fingerprint density at radius 2 is 2.20 bits per heavy atom. The van der Waals surface area contributed by atoms with Gasteiger partial charge in [0, 0.05) is 38.8 Å². The second kappa shape index (κ2) is 5.87. The SMILES string of the molecule is Cc1nnc2n1CC(C(=O)Nc1ccc3nc(N(C)C)oc3c1)CC2. The standard InChI is InChI=1S/C17H20N6O2/c1-10-20-21-15-7-4-11(9-23(10)15)16(24)18-12-5-6-13-14(8-12)25-17(19-13)22(2)3/h5-6,8,11H,4,7,9H2,1-3H3,(H,18,24). The molecule has 3 aromatic rings. The van der Waals surface area contributed by atoms with Crippen LogP contribution in [-0.4, -0.2) is 39.8 Å². The van der Waals surface area contributed by atoms with Gasteiger partial charge < -0.3 is 19.2 Å². The van der Waals surface area contributed by atoms with Gasteiger partial charge in [0.2, 0.25) is 5.91 Å². The summed E-state index contributed by atoms with van der Waals surface area (Å²) >= 11 is 0. The first-order valence-corrected chi connectivity index (χ1v) is 8.29. The molecule has 1 N–H and O–H groups in total. The Balaban J connectivity index is 1.51. The van der Waals surface area contributed by atoms with Gasteiger partial charge in [0.25, 0.3) is 6.01 Å². The van der Waals surface area contributed by atoms with Crippen LogP contribution in [-0.2, 0) is 17.8 Å². The molecule has 25 heavy (non-hydrogen) atoms. The molecule has 0 saturated carbocycles. The topological polar surface area (TPSA) is 89.1 Å². The first kappa shape index (κ1) is 15.6. The summed E-state index contributed by atoms with van der Waals surface area (Å²) in [4.78, 5) is 18.8. The molecule has 8 heteroatoms. The minimum Gasteiger partial charge on any atom is -0.423 e. The van der Waals surface area contributed by atoms with Crippen molar-refractivity contribution in [3.05, 3.63) is 29.8 Å². The van der Waals surface area contributed by atoms with E-state index >= 15 is 0 Å². The number of carbonyl (C=O) groups is 1. The van der Waals surface area contributed by atoms with Crippen LogP contribution >= 0.6 is 0 Å². The van der Waals surface area contributed by atoms with Crippen molar-refractivity contribution >= 4 is 28.7 Å². The van der Waals surface area contributed by atoms with Crippen LogP contribution in [0.25, 0.3) is 11.1 Å². The van der Waals surface area contributed by atoms with E-state index in [-0.39, 0.29) is 11.8 Å². The number of carbonyl (C=O) groups excluding carboxylic acids is 1. The number of hydrogen-bond acceptors (Lipinski definition) is 6.